The van der Waals surface area contributed by atoms with E-state index in [1.165, 1.54) is 83.5 Å². The highest BCUT2D eigenvalue weighted by atomic mass is 16.7. The van der Waals surface area contributed by atoms with E-state index in [4.69, 9.17) is 9.47 Å². The largest absolute Gasteiger partial charge is 0.394 e. The summed E-state index contributed by atoms with van der Waals surface area (Å²) in [5, 5.41) is 65.5. The molecule has 1 saturated heterocycles. The topological polar surface area (TPSA) is 169 Å². The summed E-state index contributed by atoms with van der Waals surface area (Å²) in [5.41, 5.74) is 0. The number of aliphatic hydroxyl groups excluding tert-OH is 6. The van der Waals surface area contributed by atoms with Crippen LogP contribution in [0.5, 0.6) is 0 Å². The summed E-state index contributed by atoms with van der Waals surface area (Å²) in [6, 6.07) is -1.01. The van der Waals surface area contributed by atoms with Crippen molar-refractivity contribution < 1.29 is 44.9 Å². The lowest BCUT2D eigenvalue weighted by Gasteiger charge is -2.40. The predicted octanol–water partition coefficient (Wildman–Crippen LogP) is 7.55. The lowest BCUT2D eigenvalue weighted by molar-refractivity contribution is -0.303. The zero-order valence-electron chi connectivity index (χ0n) is 34.5. The summed E-state index contributed by atoms with van der Waals surface area (Å²) in [5.74, 6) is -0.500. The molecular formula is C44H83NO9. The number of rotatable bonds is 35. The number of unbranched alkanes of at least 4 members (excludes halogenated alkanes) is 19. The molecule has 0 bridgehead atoms. The summed E-state index contributed by atoms with van der Waals surface area (Å²) in [4.78, 5) is 13.0. The van der Waals surface area contributed by atoms with Crippen LogP contribution in [0.3, 0.4) is 0 Å². The first kappa shape index (κ1) is 50.6. The molecule has 0 aliphatic carbocycles. The molecule has 1 heterocycles. The molecule has 318 valence electrons. The third-order valence-corrected chi connectivity index (χ3v) is 10.8. The minimum atomic E-state index is -1.61. The summed E-state index contributed by atoms with van der Waals surface area (Å²) in [6.45, 7) is 5.44. The van der Waals surface area contributed by atoms with Gasteiger partial charge in [-0.05, 0) is 50.9 Å². The van der Waals surface area contributed by atoms with Crippen LogP contribution in [0.1, 0.15) is 181 Å². The highest BCUT2D eigenvalue weighted by Crippen LogP contribution is 2.24. The van der Waals surface area contributed by atoms with E-state index in [0.717, 1.165) is 64.2 Å². The van der Waals surface area contributed by atoms with Crippen LogP contribution in [0.25, 0.3) is 0 Å². The highest BCUT2D eigenvalue weighted by Gasteiger charge is 2.44. The predicted molar refractivity (Wildman–Crippen MR) is 218 cm³/mol. The van der Waals surface area contributed by atoms with E-state index >= 15 is 0 Å². The van der Waals surface area contributed by atoms with Crippen LogP contribution >= 0.6 is 0 Å². The fourth-order valence-electron chi connectivity index (χ4n) is 7.06. The maximum Gasteiger partial charge on any atom is 0.220 e. The third-order valence-electron chi connectivity index (χ3n) is 10.8. The van der Waals surface area contributed by atoms with Gasteiger partial charge in [0.1, 0.15) is 30.5 Å². The highest BCUT2D eigenvalue weighted by molar-refractivity contribution is 5.76. The van der Waals surface area contributed by atoms with E-state index in [1.807, 2.05) is 6.92 Å². The van der Waals surface area contributed by atoms with Gasteiger partial charge in [0.05, 0.1) is 25.4 Å². The van der Waals surface area contributed by atoms with Crippen LogP contribution in [0.15, 0.2) is 24.3 Å². The fraction of sp³-hybridized carbons (Fsp3) is 0.886. The van der Waals surface area contributed by atoms with Crippen LogP contribution in [-0.2, 0) is 14.3 Å². The lowest BCUT2D eigenvalue weighted by Crippen LogP contribution is -2.60. The fourth-order valence-corrected chi connectivity index (χ4v) is 7.06. The van der Waals surface area contributed by atoms with Crippen LogP contribution in [0.2, 0.25) is 0 Å². The molecule has 6 unspecified atom stereocenters. The zero-order valence-corrected chi connectivity index (χ0v) is 34.5. The van der Waals surface area contributed by atoms with Crippen LogP contribution in [0, 0.1) is 5.92 Å². The zero-order chi connectivity index (χ0) is 39.8. The van der Waals surface area contributed by atoms with Gasteiger partial charge in [-0.1, -0.05) is 154 Å². The number of allylic oxidation sites excluding steroid dienone is 4. The van der Waals surface area contributed by atoms with Crippen molar-refractivity contribution in [2.24, 2.45) is 5.92 Å². The molecule has 0 aromatic carbocycles. The second-order valence-corrected chi connectivity index (χ2v) is 15.8. The van der Waals surface area contributed by atoms with Gasteiger partial charge in [0.25, 0.3) is 0 Å². The SMILES string of the molecule is CCCCCCCC=CCC=CCCCCCCCC(=O)N[C@@H](COC1OC(CO)C(O)C(O)C1O)[C@H](O)[C@H](O)C(C)CCCCCCCCCCCC. The Morgan fingerprint density at radius 2 is 1.17 bits per heavy atom. The van der Waals surface area contributed by atoms with Gasteiger partial charge in [0.2, 0.25) is 5.91 Å². The Balaban J connectivity index is 2.50. The van der Waals surface area contributed by atoms with Crippen molar-refractivity contribution >= 4 is 5.91 Å². The van der Waals surface area contributed by atoms with Crippen molar-refractivity contribution in [3.8, 4) is 0 Å². The molecular weight excluding hydrogens is 686 g/mol. The number of nitrogens with one attached hydrogen (secondary N) is 1. The Hall–Kier alpha value is -1.37. The normalized spacial score (nSPS) is 22.9. The quantitative estimate of drug-likeness (QED) is 0.0254. The molecule has 1 amide bonds. The molecule has 10 nitrogen and oxygen atoms in total. The lowest BCUT2D eigenvalue weighted by atomic mass is 9.90. The Bertz CT molecular complexity index is 932. The van der Waals surface area contributed by atoms with Crippen LogP contribution in [0.4, 0.5) is 0 Å². The van der Waals surface area contributed by atoms with Crippen molar-refractivity contribution in [1.82, 2.24) is 5.32 Å². The van der Waals surface area contributed by atoms with Crippen molar-refractivity contribution in [2.75, 3.05) is 13.2 Å². The molecule has 54 heavy (non-hydrogen) atoms. The number of carbonyl (C=O) groups is 1. The number of amides is 1. The number of hydrogen-bond acceptors (Lipinski definition) is 9. The Kier molecular flexibility index (Phi) is 31.6. The van der Waals surface area contributed by atoms with Gasteiger partial charge in [0, 0.05) is 6.42 Å². The Morgan fingerprint density at radius 3 is 1.70 bits per heavy atom. The van der Waals surface area contributed by atoms with Gasteiger partial charge in [-0.3, -0.25) is 4.79 Å². The molecule has 0 aromatic heterocycles. The van der Waals surface area contributed by atoms with E-state index in [0.29, 0.717) is 6.42 Å². The molecule has 1 aliphatic heterocycles. The standard InChI is InChI=1S/C44H83NO9/c1-4-6-8-10-12-14-16-17-18-19-20-21-22-24-26-28-30-32-38(47)45-36(34-53-44-43(52)42(51)41(50)37(33-46)54-44)40(49)39(48)35(3)31-29-27-25-23-15-13-11-9-7-5-2/h16-17,19-20,35-37,39-44,46,48-52H,4-15,18,21-34H2,1-3H3,(H,45,47)/t35?,36-,37?,39+,40-,41?,42?,43?,44?/m0/s1. The molecule has 0 spiro atoms. The molecule has 1 fully saturated rings. The van der Waals surface area contributed by atoms with Gasteiger partial charge in [-0.25, -0.2) is 0 Å². The second-order valence-electron chi connectivity index (χ2n) is 15.8. The smallest absolute Gasteiger partial charge is 0.220 e. The van der Waals surface area contributed by atoms with Gasteiger partial charge < -0.3 is 45.4 Å². The minimum Gasteiger partial charge on any atom is -0.394 e. The summed E-state index contributed by atoms with van der Waals surface area (Å²) >= 11 is 0. The molecule has 10 heteroatoms. The van der Waals surface area contributed by atoms with Crippen LogP contribution < -0.4 is 5.32 Å². The van der Waals surface area contributed by atoms with E-state index in [9.17, 15) is 35.4 Å². The molecule has 1 rings (SSSR count). The Morgan fingerprint density at radius 1 is 0.667 bits per heavy atom. The van der Waals surface area contributed by atoms with Gasteiger partial charge in [-0.15, -0.1) is 0 Å². The molecule has 7 N–H and O–H groups in total. The van der Waals surface area contributed by atoms with Gasteiger partial charge in [0.15, 0.2) is 6.29 Å². The number of ether oxygens (including phenoxy) is 2. The second kappa shape index (κ2) is 33.7. The number of carbonyl (C=O) groups excluding carboxylic acids is 1. The summed E-state index contributed by atoms with van der Waals surface area (Å²) < 4.78 is 11.2. The van der Waals surface area contributed by atoms with Gasteiger partial charge >= 0.3 is 0 Å². The van der Waals surface area contributed by atoms with E-state index < -0.39 is 55.6 Å². The average molecular weight is 770 g/mol. The van der Waals surface area contributed by atoms with E-state index in [-0.39, 0.29) is 24.9 Å². The average Bonchev–Trinajstić information content (AvgIpc) is 3.17. The summed E-state index contributed by atoms with van der Waals surface area (Å²) in [7, 11) is 0. The first-order valence-corrected chi connectivity index (χ1v) is 22.0. The Labute approximate surface area is 329 Å². The molecule has 1 aliphatic rings. The molecule has 0 saturated carbocycles. The maximum atomic E-state index is 13.0. The molecule has 0 aromatic rings. The number of aliphatic hydroxyl groups is 6. The number of hydrogen-bond donors (Lipinski definition) is 7. The van der Waals surface area contributed by atoms with E-state index in [2.05, 4.69) is 43.5 Å². The monoisotopic (exact) mass is 770 g/mol. The third kappa shape index (κ3) is 23.6. The van der Waals surface area contributed by atoms with Gasteiger partial charge in [-0.2, -0.15) is 0 Å². The summed E-state index contributed by atoms with van der Waals surface area (Å²) in [6.07, 6.45) is 27.0. The molecule has 9 atom stereocenters. The first-order chi connectivity index (χ1) is 26.2. The minimum absolute atomic E-state index is 0.225. The molecule has 0 radical (unpaired) electrons. The van der Waals surface area contributed by atoms with Crippen molar-refractivity contribution in [2.45, 2.75) is 230 Å². The van der Waals surface area contributed by atoms with E-state index in [1.54, 1.807) is 0 Å². The van der Waals surface area contributed by atoms with Crippen molar-refractivity contribution in [3.63, 3.8) is 0 Å². The van der Waals surface area contributed by atoms with Crippen molar-refractivity contribution in [3.05, 3.63) is 24.3 Å². The van der Waals surface area contributed by atoms with Crippen LogP contribution in [-0.4, -0.2) is 98.7 Å². The van der Waals surface area contributed by atoms with Crippen molar-refractivity contribution in [1.29, 1.82) is 0 Å². The maximum absolute atomic E-state index is 13.0. The first-order valence-electron chi connectivity index (χ1n) is 22.0.